The third kappa shape index (κ3) is 11.6. The molecular weight excluding hydrogens is 965 g/mol. The fraction of sp³-hybridized carbons (Fsp3) is 0.338. The first-order valence-electron chi connectivity index (χ1n) is 28.3. The Hall–Kier alpha value is -7.21. The van der Waals surface area contributed by atoms with Gasteiger partial charge >= 0.3 is 0 Å². The van der Waals surface area contributed by atoms with Crippen molar-refractivity contribution in [1.82, 2.24) is 28.4 Å². The molecule has 0 atom stereocenters. The van der Waals surface area contributed by atoms with Gasteiger partial charge in [-0.3, -0.25) is 29.1 Å². The molecule has 78 heavy (non-hydrogen) atoms. The molecule has 0 radical (unpaired) electrons. The number of hydrogen-bond acceptors (Lipinski definition) is 7. The lowest BCUT2D eigenvalue weighted by atomic mass is 10.1. The number of nitrogens with zero attached hydrogens (tertiary/aromatic N) is 6. The monoisotopic (exact) mass is 1040 g/mol. The molecular formula is C68H76N6O4. The van der Waals surface area contributed by atoms with Gasteiger partial charge in [0.15, 0.2) is 17.3 Å². The van der Waals surface area contributed by atoms with Crippen molar-refractivity contribution in [1.29, 1.82) is 0 Å². The van der Waals surface area contributed by atoms with Crippen LogP contribution in [0.4, 0.5) is 0 Å². The third-order valence-electron chi connectivity index (χ3n) is 16.5. The van der Waals surface area contributed by atoms with Crippen LogP contribution in [0.1, 0.15) is 110 Å². The van der Waals surface area contributed by atoms with Crippen LogP contribution in [0.3, 0.4) is 0 Å². The SMILES string of the molecule is Cc1cc(C(=O)CN2CCC(O)CC2)c(C)n1-c1cccc2ccccc12.Cc1cc(C(=O)CN2CCCC2)c(C)n1-c1cccc2ccccc12.Cc1cc(C(=O)CN2CCCCC2)c(C)n1-c1cccc2ccccc12. The fourth-order valence-corrected chi connectivity index (χ4v) is 12.5. The van der Waals surface area contributed by atoms with E-state index >= 15 is 0 Å². The fourth-order valence-electron chi connectivity index (χ4n) is 12.5. The second-order valence-corrected chi connectivity index (χ2v) is 22.0. The Bertz CT molecular complexity index is 3600. The van der Waals surface area contributed by atoms with Crippen molar-refractivity contribution in [2.24, 2.45) is 0 Å². The molecule has 3 fully saturated rings. The van der Waals surface area contributed by atoms with Gasteiger partial charge in [-0.15, -0.1) is 0 Å². The van der Waals surface area contributed by atoms with E-state index in [4.69, 9.17) is 0 Å². The average molecular weight is 1040 g/mol. The van der Waals surface area contributed by atoms with Crippen LogP contribution >= 0.6 is 0 Å². The normalized spacial score (nSPS) is 15.6. The molecule has 3 aliphatic rings. The molecule has 6 heterocycles. The van der Waals surface area contributed by atoms with E-state index in [0.717, 1.165) is 120 Å². The van der Waals surface area contributed by atoms with Crippen molar-refractivity contribution in [3.63, 3.8) is 0 Å². The Kier molecular flexibility index (Phi) is 16.8. The van der Waals surface area contributed by atoms with Crippen molar-refractivity contribution >= 4 is 49.7 Å². The third-order valence-corrected chi connectivity index (χ3v) is 16.5. The van der Waals surface area contributed by atoms with Crippen LogP contribution in [0.15, 0.2) is 146 Å². The first kappa shape index (κ1) is 54.2. The molecule has 0 unspecified atom stereocenters. The van der Waals surface area contributed by atoms with Crippen molar-refractivity contribution in [3.05, 3.63) is 196 Å². The molecule has 1 N–H and O–H groups in total. The predicted molar refractivity (Wildman–Crippen MR) is 319 cm³/mol. The largest absolute Gasteiger partial charge is 0.393 e. The number of rotatable bonds is 12. The summed E-state index contributed by atoms with van der Waals surface area (Å²) in [6.07, 6.45) is 7.42. The Labute approximate surface area is 460 Å². The molecule has 3 saturated heterocycles. The molecule has 0 amide bonds. The van der Waals surface area contributed by atoms with E-state index in [0.29, 0.717) is 19.6 Å². The number of benzene rings is 6. The highest BCUT2D eigenvalue weighted by atomic mass is 16.3. The maximum absolute atomic E-state index is 13.0. The molecule has 0 saturated carbocycles. The highest BCUT2D eigenvalue weighted by Gasteiger charge is 2.25. The van der Waals surface area contributed by atoms with Crippen molar-refractivity contribution in [2.45, 2.75) is 92.6 Å². The highest BCUT2D eigenvalue weighted by Crippen LogP contribution is 2.31. The molecule has 12 rings (SSSR count). The molecule has 3 aromatic heterocycles. The van der Waals surface area contributed by atoms with Gasteiger partial charge in [0.05, 0.1) is 42.8 Å². The van der Waals surface area contributed by atoms with Crippen LogP contribution in [0.2, 0.25) is 0 Å². The zero-order chi connectivity index (χ0) is 54.5. The number of aryl methyl sites for hydroxylation is 3. The summed E-state index contributed by atoms with van der Waals surface area (Å²) in [6.45, 7) is 19.7. The molecule has 3 aliphatic heterocycles. The highest BCUT2D eigenvalue weighted by molar-refractivity contribution is 6.01. The maximum Gasteiger partial charge on any atom is 0.178 e. The van der Waals surface area contributed by atoms with Gasteiger partial charge in [-0.1, -0.05) is 116 Å². The van der Waals surface area contributed by atoms with E-state index in [1.807, 2.05) is 19.1 Å². The lowest BCUT2D eigenvalue weighted by Crippen LogP contribution is -2.39. The summed E-state index contributed by atoms with van der Waals surface area (Å²) in [5, 5.41) is 16.9. The average Bonchev–Trinajstić information content (AvgIpc) is 4.29. The summed E-state index contributed by atoms with van der Waals surface area (Å²) in [5.74, 6) is 0.638. The first-order valence-corrected chi connectivity index (χ1v) is 28.3. The molecule has 10 heteroatoms. The zero-order valence-corrected chi connectivity index (χ0v) is 46.6. The van der Waals surface area contributed by atoms with Gasteiger partial charge in [0.1, 0.15) is 0 Å². The van der Waals surface area contributed by atoms with E-state index in [-0.39, 0.29) is 23.5 Å². The van der Waals surface area contributed by atoms with E-state index in [9.17, 15) is 19.5 Å². The number of Topliss-reactive ketones (excluding diaryl/α,β-unsaturated/α-hetero) is 3. The molecule has 6 aromatic carbocycles. The van der Waals surface area contributed by atoms with Gasteiger partial charge in [0.2, 0.25) is 0 Å². The number of aliphatic hydroxyl groups excluding tert-OH is 1. The first-order chi connectivity index (χ1) is 37.8. The minimum absolute atomic E-state index is 0.158. The lowest BCUT2D eigenvalue weighted by molar-refractivity contribution is 0.0710. The van der Waals surface area contributed by atoms with Gasteiger partial charge in [0, 0.05) is 80.1 Å². The van der Waals surface area contributed by atoms with Crippen LogP contribution in [0.25, 0.3) is 49.4 Å². The second kappa shape index (κ2) is 24.2. The summed E-state index contributed by atoms with van der Waals surface area (Å²) in [4.78, 5) is 45.4. The molecule has 0 aliphatic carbocycles. The Morgan fingerprint density at radius 1 is 0.385 bits per heavy atom. The van der Waals surface area contributed by atoms with E-state index in [2.05, 4.69) is 196 Å². The Morgan fingerprint density at radius 2 is 0.667 bits per heavy atom. The second-order valence-electron chi connectivity index (χ2n) is 22.0. The molecule has 9 aromatic rings. The number of piperidine rings is 2. The van der Waals surface area contributed by atoms with E-state index in [1.54, 1.807) is 0 Å². The summed E-state index contributed by atoms with van der Waals surface area (Å²) in [5.41, 5.74) is 12.3. The van der Waals surface area contributed by atoms with E-state index < -0.39 is 0 Å². The van der Waals surface area contributed by atoms with Gasteiger partial charge in [-0.05, 0) is 159 Å². The number of aromatic nitrogens is 3. The van der Waals surface area contributed by atoms with Crippen LogP contribution in [0.5, 0.6) is 0 Å². The lowest BCUT2D eigenvalue weighted by Gasteiger charge is -2.28. The zero-order valence-electron chi connectivity index (χ0n) is 46.6. The molecule has 402 valence electrons. The molecule has 10 nitrogen and oxygen atoms in total. The van der Waals surface area contributed by atoms with Gasteiger partial charge in [-0.25, -0.2) is 0 Å². The standard InChI is InChI=1S/C23H26N2O2.C23H26N2O.C22H24N2O/c1-16-14-21(23(27)15-24-12-10-19(26)11-13-24)17(2)25(16)22-9-5-7-18-6-3-4-8-20(18)22;1-17-15-21(23(26)16-24-13-6-3-7-14-24)18(2)25(17)22-12-8-10-19-9-4-5-11-20(19)22;1-16-14-20(22(25)15-23-12-5-6-13-23)17(2)24(16)21-11-7-9-18-8-3-4-10-19(18)21/h3-9,14,19,26H,10-13,15H2,1-2H3;4-5,8-12,15H,3,6-7,13-14,16H2,1-2H3;3-4,7-11,14H,5-6,12-13,15H2,1-2H3. The smallest absolute Gasteiger partial charge is 0.178 e. The number of aliphatic hydroxyl groups is 1. The molecule has 0 spiro atoms. The number of fused-ring (bicyclic) bond motifs is 3. The Balaban J connectivity index is 0.000000132. The molecule has 0 bridgehead atoms. The summed E-state index contributed by atoms with van der Waals surface area (Å²) in [6, 6.07) is 50.3. The van der Waals surface area contributed by atoms with Crippen LogP contribution in [-0.2, 0) is 0 Å². The summed E-state index contributed by atoms with van der Waals surface area (Å²) >= 11 is 0. The van der Waals surface area contributed by atoms with Crippen molar-refractivity contribution in [3.8, 4) is 17.1 Å². The van der Waals surface area contributed by atoms with Gasteiger partial charge in [-0.2, -0.15) is 0 Å². The van der Waals surface area contributed by atoms with Gasteiger partial charge in [0.25, 0.3) is 0 Å². The number of ketones is 3. The van der Waals surface area contributed by atoms with Crippen molar-refractivity contribution < 1.29 is 19.5 Å². The van der Waals surface area contributed by atoms with Crippen LogP contribution in [-0.4, -0.2) is 116 Å². The van der Waals surface area contributed by atoms with E-state index in [1.165, 1.54) is 64.4 Å². The quantitative estimate of drug-likeness (QED) is 0.122. The Morgan fingerprint density at radius 3 is 1.00 bits per heavy atom. The van der Waals surface area contributed by atoms with Crippen LogP contribution in [0, 0.1) is 41.5 Å². The summed E-state index contributed by atoms with van der Waals surface area (Å²) < 4.78 is 6.64. The maximum atomic E-state index is 13.0. The minimum Gasteiger partial charge on any atom is -0.393 e. The van der Waals surface area contributed by atoms with Crippen molar-refractivity contribution in [2.75, 3.05) is 58.9 Å². The summed E-state index contributed by atoms with van der Waals surface area (Å²) in [7, 11) is 0. The minimum atomic E-state index is -0.215. The number of carbonyl (C=O) groups excluding carboxylic acids is 3. The topological polar surface area (TPSA) is 95.9 Å². The van der Waals surface area contributed by atoms with Gasteiger partial charge < -0.3 is 18.8 Å². The van der Waals surface area contributed by atoms with Crippen LogP contribution < -0.4 is 0 Å². The predicted octanol–water partition coefficient (Wildman–Crippen LogP) is 13.3. The number of likely N-dealkylation sites (tertiary alicyclic amines) is 3. The number of hydrogen-bond donors (Lipinski definition) is 1. The number of carbonyl (C=O) groups is 3.